The molecule has 3 rings (SSSR count). The fraction of sp³-hybridized carbons (Fsp3) is 0.211. The smallest absolute Gasteiger partial charge is 0.319 e. The lowest BCUT2D eigenvalue weighted by atomic mass is 10.0. The number of nitrogens with zero attached hydrogens (tertiary/aromatic N) is 2. The Morgan fingerprint density at radius 3 is 2.42 bits per heavy atom. The summed E-state index contributed by atoms with van der Waals surface area (Å²) in [6.07, 6.45) is 1.55. The Labute approximate surface area is 151 Å². The lowest BCUT2D eigenvalue weighted by molar-refractivity contribution is -0.119. The van der Waals surface area contributed by atoms with Gasteiger partial charge in [0.05, 0.1) is 11.0 Å². The van der Waals surface area contributed by atoms with Crippen molar-refractivity contribution >= 4 is 28.7 Å². The van der Waals surface area contributed by atoms with Crippen LogP contribution in [0.15, 0.2) is 60.9 Å². The van der Waals surface area contributed by atoms with Crippen molar-refractivity contribution in [3.05, 3.63) is 60.9 Å². The lowest BCUT2D eigenvalue weighted by Gasteiger charge is -2.22. The van der Waals surface area contributed by atoms with E-state index in [0.29, 0.717) is 5.69 Å². The van der Waals surface area contributed by atoms with Crippen LogP contribution in [0.5, 0.6) is 0 Å². The van der Waals surface area contributed by atoms with Gasteiger partial charge >= 0.3 is 6.03 Å². The van der Waals surface area contributed by atoms with E-state index < -0.39 is 12.1 Å². The molecule has 3 aromatic rings. The van der Waals surface area contributed by atoms with E-state index in [2.05, 4.69) is 21.0 Å². The summed E-state index contributed by atoms with van der Waals surface area (Å²) in [4.78, 5) is 29.1. The maximum atomic E-state index is 12.7. The second-order valence-electron chi connectivity index (χ2n) is 6.27. The molecule has 1 heterocycles. The zero-order valence-electron chi connectivity index (χ0n) is 14.6. The van der Waals surface area contributed by atoms with Gasteiger partial charge in [0.2, 0.25) is 0 Å². The van der Waals surface area contributed by atoms with Crippen molar-refractivity contribution in [3.8, 4) is 0 Å². The minimum absolute atomic E-state index is 0.0914. The van der Waals surface area contributed by atoms with Crippen LogP contribution in [-0.2, 0) is 4.79 Å². The van der Waals surface area contributed by atoms with E-state index >= 15 is 0 Å². The molecular formula is C19H21N5O2. The van der Waals surface area contributed by atoms with Crippen LogP contribution in [0.25, 0.3) is 11.0 Å². The van der Waals surface area contributed by atoms with Crippen molar-refractivity contribution in [2.75, 3.05) is 10.7 Å². The van der Waals surface area contributed by atoms with Crippen molar-refractivity contribution in [2.45, 2.75) is 19.9 Å². The van der Waals surface area contributed by atoms with Crippen LogP contribution in [0.4, 0.5) is 10.5 Å². The fourth-order valence-electron chi connectivity index (χ4n) is 2.60. The molecule has 1 atom stereocenters. The number of imidazole rings is 1. The van der Waals surface area contributed by atoms with Gasteiger partial charge in [-0.3, -0.25) is 10.2 Å². The molecule has 0 saturated carbocycles. The molecule has 2 aromatic carbocycles. The van der Waals surface area contributed by atoms with Crippen LogP contribution in [0.2, 0.25) is 0 Å². The summed E-state index contributed by atoms with van der Waals surface area (Å²) in [6.45, 7) is 3.75. The molecule has 7 heteroatoms. The summed E-state index contributed by atoms with van der Waals surface area (Å²) in [5.74, 6) is -0.405. The molecule has 0 radical (unpaired) electrons. The standard InChI is InChI=1S/C19H21N5O2/c1-13(2)17(22-19(26)21-14-8-4-3-5-9-14)18(25)23-24-12-20-15-10-6-7-11-16(15)24/h3-13,17H,1-2H3,(H,23,25)(H2,21,22,26). The number of hydrogen-bond acceptors (Lipinski definition) is 3. The van der Waals surface area contributed by atoms with E-state index in [1.54, 1.807) is 23.1 Å². The molecular weight excluding hydrogens is 330 g/mol. The number of benzene rings is 2. The second-order valence-corrected chi connectivity index (χ2v) is 6.27. The third kappa shape index (κ3) is 4.00. The molecule has 0 aliphatic rings. The Kier molecular flexibility index (Phi) is 5.17. The highest BCUT2D eigenvalue weighted by Gasteiger charge is 2.25. The first kappa shape index (κ1) is 17.5. The number of urea groups is 1. The summed E-state index contributed by atoms with van der Waals surface area (Å²) in [5, 5.41) is 5.45. The minimum atomic E-state index is -0.695. The first-order valence-electron chi connectivity index (χ1n) is 8.40. The average molecular weight is 351 g/mol. The Hall–Kier alpha value is -3.35. The van der Waals surface area contributed by atoms with Crippen LogP contribution in [-0.4, -0.2) is 27.6 Å². The molecule has 7 nitrogen and oxygen atoms in total. The third-order valence-electron chi connectivity index (χ3n) is 3.95. The Morgan fingerprint density at radius 2 is 1.69 bits per heavy atom. The first-order chi connectivity index (χ1) is 12.5. The predicted molar refractivity (Wildman–Crippen MR) is 101 cm³/mol. The largest absolute Gasteiger partial charge is 0.326 e. The van der Waals surface area contributed by atoms with Gasteiger partial charge in [-0.05, 0) is 30.2 Å². The van der Waals surface area contributed by atoms with E-state index in [-0.39, 0.29) is 11.8 Å². The van der Waals surface area contributed by atoms with Crippen LogP contribution < -0.4 is 16.1 Å². The quantitative estimate of drug-likeness (QED) is 0.660. The van der Waals surface area contributed by atoms with E-state index in [0.717, 1.165) is 11.0 Å². The van der Waals surface area contributed by atoms with Crippen LogP contribution in [0, 0.1) is 5.92 Å². The number of carbonyl (C=O) groups excluding carboxylic acids is 2. The maximum Gasteiger partial charge on any atom is 0.319 e. The van der Waals surface area contributed by atoms with Gasteiger partial charge in [-0.1, -0.05) is 44.2 Å². The van der Waals surface area contributed by atoms with Crippen molar-refractivity contribution < 1.29 is 9.59 Å². The predicted octanol–water partition coefficient (Wildman–Crippen LogP) is 2.95. The van der Waals surface area contributed by atoms with Gasteiger partial charge in [0.15, 0.2) is 0 Å². The SMILES string of the molecule is CC(C)C(NC(=O)Nc1ccccc1)C(=O)Nn1cnc2ccccc21. The monoisotopic (exact) mass is 351 g/mol. The van der Waals surface area contributed by atoms with Crippen LogP contribution in [0.3, 0.4) is 0 Å². The molecule has 134 valence electrons. The second kappa shape index (κ2) is 7.69. The topological polar surface area (TPSA) is 88.0 Å². The molecule has 3 N–H and O–H groups in total. The summed E-state index contributed by atoms with van der Waals surface area (Å²) in [7, 11) is 0. The Bertz CT molecular complexity index is 904. The summed E-state index contributed by atoms with van der Waals surface area (Å²) in [5.41, 5.74) is 5.02. The number of para-hydroxylation sites is 3. The number of rotatable bonds is 5. The number of carbonyl (C=O) groups is 2. The number of fused-ring (bicyclic) bond motifs is 1. The average Bonchev–Trinajstić information content (AvgIpc) is 3.03. The van der Waals surface area contributed by atoms with Crippen molar-refractivity contribution in [1.82, 2.24) is 15.0 Å². The van der Waals surface area contributed by atoms with Gasteiger partial charge in [-0.25, -0.2) is 14.5 Å². The molecule has 1 unspecified atom stereocenters. The number of hydrogen-bond donors (Lipinski definition) is 3. The van der Waals surface area contributed by atoms with Gasteiger partial charge in [-0.15, -0.1) is 0 Å². The highest BCUT2D eigenvalue weighted by atomic mass is 16.2. The van der Waals surface area contributed by atoms with Crippen molar-refractivity contribution in [1.29, 1.82) is 0 Å². The van der Waals surface area contributed by atoms with Gasteiger partial charge < -0.3 is 10.6 Å². The number of nitrogens with one attached hydrogen (secondary N) is 3. The maximum absolute atomic E-state index is 12.7. The number of amides is 3. The highest BCUT2D eigenvalue weighted by molar-refractivity contribution is 5.96. The van der Waals surface area contributed by atoms with E-state index in [1.165, 1.54) is 0 Å². The molecule has 0 bridgehead atoms. The van der Waals surface area contributed by atoms with E-state index in [4.69, 9.17) is 0 Å². The number of aromatic nitrogens is 2. The molecule has 0 aliphatic heterocycles. The zero-order chi connectivity index (χ0) is 18.5. The normalized spacial score (nSPS) is 12.0. The molecule has 0 saturated heterocycles. The summed E-state index contributed by atoms with van der Waals surface area (Å²) >= 11 is 0. The molecule has 1 aromatic heterocycles. The van der Waals surface area contributed by atoms with Crippen molar-refractivity contribution in [3.63, 3.8) is 0 Å². The zero-order valence-corrected chi connectivity index (χ0v) is 14.6. The minimum Gasteiger partial charge on any atom is -0.326 e. The fourth-order valence-corrected chi connectivity index (χ4v) is 2.60. The van der Waals surface area contributed by atoms with Crippen LogP contribution >= 0.6 is 0 Å². The third-order valence-corrected chi connectivity index (χ3v) is 3.95. The van der Waals surface area contributed by atoms with E-state index in [9.17, 15) is 9.59 Å². The Balaban J connectivity index is 1.69. The lowest BCUT2D eigenvalue weighted by Crippen LogP contribution is -2.50. The molecule has 26 heavy (non-hydrogen) atoms. The molecule has 0 spiro atoms. The van der Waals surface area contributed by atoms with Gasteiger partial charge in [0.1, 0.15) is 12.4 Å². The van der Waals surface area contributed by atoms with Gasteiger partial charge in [0, 0.05) is 5.69 Å². The molecule has 3 amide bonds. The van der Waals surface area contributed by atoms with Gasteiger partial charge in [0.25, 0.3) is 5.91 Å². The Morgan fingerprint density at radius 1 is 1.00 bits per heavy atom. The molecule has 0 fully saturated rings. The summed E-state index contributed by atoms with van der Waals surface area (Å²) < 4.78 is 1.56. The highest BCUT2D eigenvalue weighted by Crippen LogP contribution is 2.11. The van der Waals surface area contributed by atoms with Crippen LogP contribution in [0.1, 0.15) is 13.8 Å². The van der Waals surface area contributed by atoms with E-state index in [1.807, 2.05) is 56.3 Å². The first-order valence-corrected chi connectivity index (χ1v) is 8.40. The molecule has 0 aliphatic carbocycles. The summed E-state index contributed by atoms with van der Waals surface area (Å²) in [6, 6.07) is 15.4. The number of anilines is 1. The van der Waals surface area contributed by atoms with Crippen molar-refractivity contribution in [2.24, 2.45) is 5.92 Å². The van der Waals surface area contributed by atoms with Gasteiger partial charge in [-0.2, -0.15) is 0 Å².